The summed E-state index contributed by atoms with van der Waals surface area (Å²) in [6, 6.07) is 14.9. The van der Waals surface area contributed by atoms with Crippen molar-refractivity contribution in [3.05, 3.63) is 58.9 Å². The lowest BCUT2D eigenvalue weighted by Gasteiger charge is -2.10. The topological polar surface area (TPSA) is 78.1 Å². The monoisotopic (exact) mass is 400 g/mol. The molecule has 0 aliphatic rings. The van der Waals surface area contributed by atoms with Gasteiger partial charge >= 0.3 is 0 Å². The van der Waals surface area contributed by atoms with Gasteiger partial charge in [0.1, 0.15) is 0 Å². The molecule has 0 saturated heterocycles. The average molecular weight is 401 g/mol. The number of halogens is 1. The van der Waals surface area contributed by atoms with Crippen LogP contribution in [0, 0.1) is 0 Å². The number of carbonyl (C=O) groups is 1. The van der Waals surface area contributed by atoms with Crippen LogP contribution in [0.25, 0.3) is 22.0 Å². The van der Waals surface area contributed by atoms with E-state index in [0.717, 1.165) is 36.0 Å². The number of carbonyl (C=O) groups excluding carboxylic acids is 1. The maximum absolute atomic E-state index is 12.2. The molecular weight excluding hydrogens is 376 g/mol. The van der Waals surface area contributed by atoms with Crippen LogP contribution in [-0.4, -0.2) is 41.6 Å². The minimum atomic E-state index is -0.212. The highest BCUT2D eigenvalue weighted by Gasteiger charge is 2.10. The molecule has 3 rings (SSSR count). The molecule has 0 unspecified atom stereocenters. The number of rotatable bonds is 7. The number of amides is 1. The molecule has 2 aromatic carbocycles. The fourth-order valence-electron chi connectivity index (χ4n) is 3.02. The highest BCUT2D eigenvalue weighted by Crippen LogP contribution is 2.26. The molecule has 3 aromatic rings. The first kappa shape index (κ1) is 21.6. The van der Waals surface area contributed by atoms with Crippen LogP contribution in [0.1, 0.15) is 19.3 Å². The first-order valence-corrected chi connectivity index (χ1v) is 9.07. The molecule has 7 heteroatoms. The number of aromatic amines is 1. The standard InChI is InChI=1S/C21H24N4O2.ClH/c1-25(2)13-6-5-12-19(26)22-16-9-7-8-15(14-16)20-17-10-3-4-11-18(17)21(27)24-23-20;/h3-4,7-11,14H,5-6,12-13H2,1-2H3,(H,22,26)(H,24,27);1H. The molecule has 0 aliphatic heterocycles. The second-order valence-corrected chi connectivity index (χ2v) is 6.84. The summed E-state index contributed by atoms with van der Waals surface area (Å²) < 4.78 is 0. The Hall–Kier alpha value is -2.70. The van der Waals surface area contributed by atoms with Gasteiger partial charge in [-0.2, -0.15) is 5.10 Å². The van der Waals surface area contributed by atoms with Crippen LogP contribution < -0.4 is 10.9 Å². The van der Waals surface area contributed by atoms with Gasteiger partial charge in [0.15, 0.2) is 0 Å². The van der Waals surface area contributed by atoms with E-state index in [2.05, 4.69) is 20.4 Å². The maximum Gasteiger partial charge on any atom is 0.272 e. The summed E-state index contributed by atoms with van der Waals surface area (Å²) in [6.07, 6.45) is 2.35. The van der Waals surface area contributed by atoms with Crippen molar-refractivity contribution >= 4 is 34.8 Å². The molecule has 0 bridgehead atoms. The van der Waals surface area contributed by atoms with Crippen molar-refractivity contribution in [1.29, 1.82) is 0 Å². The van der Waals surface area contributed by atoms with E-state index in [4.69, 9.17) is 0 Å². The van der Waals surface area contributed by atoms with E-state index in [1.807, 2.05) is 56.6 Å². The summed E-state index contributed by atoms with van der Waals surface area (Å²) in [6.45, 7) is 0.980. The number of fused-ring (bicyclic) bond motifs is 1. The Morgan fingerprint density at radius 3 is 2.57 bits per heavy atom. The lowest BCUT2D eigenvalue weighted by Crippen LogP contribution is -2.15. The van der Waals surface area contributed by atoms with Gasteiger partial charge in [-0.3, -0.25) is 9.59 Å². The average Bonchev–Trinajstić information content (AvgIpc) is 2.66. The summed E-state index contributed by atoms with van der Waals surface area (Å²) in [5, 5.41) is 11.1. The number of H-pyrrole nitrogens is 1. The third kappa shape index (κ3) is 5.41. The van der Waals surface area contributed by atoms with E-state index in [0.29, 0.717) is 17.5 Å². The summed E-state index contributed by atoms with van der Waals surface area (Å²) in [7, 11) is 4.06. The largest absolute Gasteiger partial charge is 0.326 e. The number of nitrogens with one attached hydrogen (secondary N) is 2. The number of anilines is 1. The van der Waals surface area contributed by atoms with Crippen LogP contribution >= 0.6 is 12.4 Å². The van der Waals surface area contributed by atoms with Crippen molar-refractivity contribution in [3.8, 4) is 11.3 Å². The van der Waals surface area contributed by atoms with Crippen LogP contribution in [0.5, 0.6) is 0 Å². The Morgan fingerprint density at radius 1 is 1.07 bits per heavy atom. The number of hydrogen-bond donors (Lipinski definition) is 2. The molecule has 0 atom stereocenters. The van der Waals surface area contributed by atoms with E-state index in [1.54, 1.807) is 6.07 Å². The number of nitrogens with zero attached hydrogens (tertiary/aromatic N) is 2. The van der Waals surface area contributed by atoms with Gasteiger partial charge in [0.05, 0.1) is 11.1 Å². The molecule has 2 N–H and O–H groups in total. The summed E-state index contributed by atoms with van der Waals surface area (Å²) in [5.41, 5.74) is 2.04. The van der Waals surface area contributed by atoms with Crippen molar-refractivity contribution in [3.63, 3.8) is 0 Å². The summed E-state index contributed by atoms with van der Waals surface area (Å²) in [4.78, 5) is 26.3. The van der Waals surface area contributed by atoms with E-state index in [9.17, 15) is 9.59 Å². The zero-order valence-electron chi connectivity index (χ0n) is 16.1. The molecule has 0 saturated carbocycles. The predicted molar refractivity (Wildman–Crippen MR) is 116 cm³/mol. The number of unbranched alkanes of at least 4 members (excludes halogenated alkanes) is 1. The van der Waals surface area contributed by atoms with Gasteiger partial charge < -0.3 is 10.2 Å². The van der Waals surface area contributed by atoms with Crippen molar-refractivity contribution in [2.45, 2.75) is 19.3 Å². The van der Waals surface area contributed by atoms with Crippen LogP contribution in [0.2, 0.25) is 0 Å². The van der Waals surface area contributed by atoms with E-state index >= 15 is 0 Å². The normalized spacial score (nSPS) is 10.7. The number of aromatic nitrogens is 2. The Labute approximate surface area is 170 Å². The lowest BCUT2D eigenvalue weighted by molar-refractivity contribution is -0.116. The molecule has 148 valence electrons. The van der Waals surface area contributed by atoms with Crippen molar-refractivity contribution in [1.82, 2.24) is 15.1 Å². The molecule has 1 amide bonds. The first-order valence-electron chi connectivity index (χ1n) is 9.07. The first-order chi connectivity index (χ1) is 13.0. The quantitative estimate of drug-likeness (QED) is 0.593. The van der Waals surface area contributed by atoms with Crippen molar-refractivity contribution in [2.24, 2.45) is 0 Å². The Bertz CT molecular complexity index is 1000. The minimum absolute atomic E-state index is 0. The van der Waals surface area contributed by atoms with E-state index in [-0.39, 0.29) is 23.9 Å². The molecular formula is C21H25ClN4O2. The minimum Gasteiger partial charge on any atom is -0.326 e. The fraction of sp³-hybridized carbons (Fsp3) is 0.286. The van der Waals surface area contributed by atoms with Gasteiger partial charge in [-0.15, -0.1) is 12.4 Å². The summed E-state index contributed by atoms with van der Waals surface area (Å²) >= 11 is 0. The fourth-order valence-corrected chi connectivity index (χ4v) is 3.02. The molecule has 1 aromatic heterocycles. The smallest absolute Gasteiger partial charge is 0.272 e. The second-order valence-electron chi connectivity index (χ2n) is 6.84. The van der Waals surface area contributed by atoms with Crippen LogP contribution in [0.3, 0.4) is 0 Å². The molecule has 6 nitrogen and oxygen atoms in total. The van der Waals surface area contributed by atoms with E-state index < -0.39 is 0 Å². The predicted octanol–water partition coefficient (Wildman–Crippen LogP) is 3.68. The molecule has 0 spiro atoms. The van der Waals surface area contributed by atoms with Crippen molar-refractivity contribution in [2.75, 3.05) is 26.0 Å². The number of benzene rings is 2. The summed E-state index contributed by atoms with van der Waals surface area (Å²) in [5.74, 6) is 0.00481. The third-order valence-corrected chi connectivity index (χ3v) is 4.37. The van der Waals surface area contributed by atoms with E-state index in [1.165, 1.54) is 0 Å². The molecule has 1 heterocycles. The SMILES string of the molecule is CN(C)CCCCC(=O)Nc1cccc(-c2n[nH]c(=O)c3ccccc23)c1.Cl. The van der Waals surface area contributed by atoms with Gasteiger partial charge in [-0.05, 0) is 51.7 Å². The van der Waals surface area contributed by atoms with Crippen LogP contribution in [0.15, 0.2) is 53.3 Å². The van der Waals surface area contributed by atoms with Crippen LogP contribution in [-0.2, 0) is 4.79 Å². The molecule has 28 heavy (non-hydrogen) atoms. The Morgan fingerprint density at radius 2 is 1.82 bits per heavy atom. The molecule has 0 radical (unpaired) electrons. The van der Waals surface area contributed by atoms with Gasteiger partial charge in [0, 0.05) is 23.1 Å². The molecule has 0 aliphatic carbocycles. The molecule has 0 fully saturated rings. The van der Waals surface area contributed by atoms with Gasteiger partial charge in [-0.1, -0.05) is 30.3 Å². The van der Waals surface area contributed by atoms with Gasteiger partial charge in [0.2, 0.25) is 5.91 Å². The Balaban J connectivity index is 0.00000280. The zero-order valence-corrected chi connectivity index (χ0v) is 16.9. The van der Waals surface area contributed by atoms with Crippen molar-refractivity contribution < 1.29 is 4.79 Å². The zero-order chi connectivity index (χ0) is 19.2. The highest BCUT2D eigenvalue weighted by molar-refractivity contribution is 5.95. The third-order valence-electron chi connectivity index (χ3n) is 4.37. The van der Waals surface area contributed by atoms with Gasteiger partial charge in [0.25, 0.3) is 5.56 Å². The van der Waals surface area contributed by atoms with Crippen LogP contribution in [0.4, 0.5) is 5.69 Å². The second kappa shape index (κ2) is 10.0. The Kier molecular flexibility index (Phi) is 7.72. The lowest BCUT2D eigenvalue weighted by atomic mass is 10.0. The highest BCUT2D eigenvalue weighted by atomic mass is 35.5. The maximum atomic E-state index is 12.2. The number of hydrogen-bond acceptors (Lipinski definition) is 4. The van der Waals surface area contributed by atoms with Gasteiger partial charge in [-0.25, -0.2) is 5.10 Å².